The lowest BCUT2D eigenvalue weighted by molar-refractivity contribution is 0.449. The predicted octanol–water partition coefficient (Wildman–Crippen LogP) is 6.92. The van der Waals surface area contributed by atoms with Crippen molar-refractivity contribution in [2.24, 2.45) is 0 Å². The smallest absolute Gasteiger partial charge is 0.0567 e. The van der Waals surface area contributed by atoms with Crippen LogP contribution < -0.4 is 0 Å². The normalized spacial score (nSPS) is 23.7. The molecule has 0 N–H and O–H groups in total. The van der Waals surface area contributed by atoms with Crippen LogP contribution >= 0.6 is 0 Å². The van der Waals surface area contributed by atoms with E-state index < -0.39 is 8.07 Å². The second-order valence-electron chi connectivity index (χ2n) is 7.63. The Balaban J connectivity index is 2.00. The summed E-state index contributed by atoms with van der Waals surface area (Å²) in [5.41, 5.74) is 2.39. The van der Waals surface area contributed by atoms with Crippen molar-refractivity contribution >= 4 is 8.07 Å². The Labute approximate surface area is 122 Å². The zero-order chi connectivity index (χ0) is 13.6. The fraction of sp³-hybridized carbons (Fsp3) is 1.00. The molecule has 0 atom stereocenters. The Kier molecular flexibility index (Phi) is 6.45. The van der Waals surface area contributed by atoms with Gasteiger partial charge in [-0.15, -0.1) is 0 Å². The van der Waals surface area contributed by atoms with Gasteiger partial charge in [-0.05, 0) is 11.1 Å². The third-order valence-electron chi connectivity index (χ3n) is 6.39. The minimum absolute atomic E-state index is 0.985. The third kappa shape index (κ3) is 4.09. The van der Waals surface area contributed by atoms with Crippen LogP contribution in [0.5, 0.6) is 0 Å². The maximum Gasteiger partial charge on any atom is 0.0567 e. The van der Waals surface area contributed by atoms with Crippen molar-refractivity contribution < 1.29 is 0 Å². The Morgan fingerprint density at radius 3 is 1.63 bits per heavy atom. The van der Waals surface area contributed by atoms with Gasteiger partial charge in [0.2, 0.25) is 0 Å². The lowest BCUT2D eigenvalue weighted by Gasteiger charge is -2.46. The van der Waals surface area contributed by atoms with Crippen molar-refractivity contribution in [3.63, 3.8) is 0 Å². The fourth-order valence-electron chi connectivity index (χ4n) is 5.02. The average molecular weight is 281 g/mol. The molecule has 2 aliphatic rings. The van der Waals surface area contributed by atoms with Crippen LogP contribution in [0.3, 0.4) is 0 Å². The SMILES string of the molecule is CCCCC[Si](C)(C1CCCCC1)C1CCCCC1. The van der Waals surface area contributed by atoms with Crippen LogP contribution in [0.4, 0.5) is 0 Å². The van der Waals surface area contributed by atoms with Crippen molar-refractivity contribution in [3.8, 4) is 0 Å². The van der Waals surface area contributed by atoms with E-state index in [0.717, 1.165) is 0 Å². The van der Waals surface area contributed by atoms with E-state index >= 15 is 0 Å². The highest BCUT2D eigenvalue weighted by Gasteiger charge is 2.42. The molecule has 0 aromatic carbocycles. The lowest BCUT2D eigenvalue weighted by Crippen LogP contribution is -2.43. The molecule has 0 saturated heterocycles. The summed E-state index contributed by atoms with van der Waals surface area (Å²) in [6.07, 6.45) is 20.1. The lowest BCUT2D eigenvalue weighted by atomic mass is 9.99. The summed E-state index contributed by atoms with van der Waals surface area (Å²) in [6.45, 7) is 5.19. The Morgan fingerprint density at radius 2 is 1.21 bits per heavy atom. The highest BCUT2D eigenvalue weighted by atomic mass is 28.3. The third-order valence-corrected chi connectivity index (χ3v) is 12.7. The number of hydrogen-bond donors (Lipinski definition) is 0. The van der Waals surface area contributed by atoms with Crippen molar-refractivity contribution in [1.29, 1.82) is 0 Å². The molecular weight excluding hydrogens is 244 g/mol. The van der Waals surface area contributed by atoms with Crippen LogP contribution in [-0.4, -0.2) is 8.07 Å². The van der Waals surface area contributed by atoms with Gasteiger partial charge in [0.05, 0.1) is 8.07 Å². The second kappa shape index (κ2) is 7.86. The van der Waals surface area contributed by atoms with Gasteiger partial charge in [0.25, 0.3) is 0 Å². The van der Waals surface area contributed by atoms with Crippen LogP contribution in [0.1, 0.15) is 90.4 Å². The number of unbranched alkanes of at least 4 members (excludes halogenated alkanes) is 2. The minimum Gasteiger partial charge on any atom is -0.0687 e. The van der Waals surface area contributed by atoms with Gasteiger partial charge in [-0.2, -0.15) is 0 Å². The van der Waals surface area contributed by atoms with E-state index in [0.29, 0.717) is 0 Å². The van der Waals surface area contributed by atoms with E-state index in [1.807, 2.05) is 0 Å². The molecule has 0 unspecified atom stereocenters. The first-order valence-corrected chi connectivity index (χ1v) is 12.1. The molecule has 2 rings (SSSR count). The average Bonchev–Trinajstić information content (AvgIpc) is 2.49. The van der Waals surface area contributed by atoms with E-state index in [1.54, 1.807) is 63.8 Å². The van der Waals surface area contributed by atoms with Gasteiger partial charge in [-0.3, -0.25) is 0 Å². The van der Waals surface area contributed by atoms with E-state index in [1.165, 1.54) is 36.8 Å². The minimum atomic E-state index is -0.985. The molecule has 0 aromatic heterocycles. The summed E-state index contributed by atoms with van der Waals surface area (Å²) in [5.74, 6) is 0. The van der Waals surface area contributed by atoms with Crippen molar-refractivity contribution in [2.75, 3.05) is 0 Å². The molecule has 2 saturated carbocycles. The second-order valence-corrected chi connectivity index (χ2v) is 12.8. The molecular formula is C18H36Si. The molecule has 0 nitrogen and oxygen atoms in total. The maximum atomic E-state index is 2.83. The van der Waals surface area contributed by atoms with Gasteiger partial charge in [0.1, 0.15) is 0 Å². The van der Waals surface area contributed by atoms with Gasteiger partial charge >= 0.3 is 0 Å². The van der Waals surface area contributed by atoms with E-state index in [4.69, 9.17) is 0 Å². The molecule has 0 aromatic rings. The van der Waals surface area contributed by atoms with Crippen molar-refractivity contribution in [3.05, 3.63) is 0 Å². The first-order valence-electron chi connectivity index (χ1n) is 9.27. The highest BCUT2D eigenvalue weighted by Crippen LogP contribution is 2.50. The first-order chi connectivity index (χ1) is 9.27. The topological polar surface area (TPSA) is 0 Å². The van der Waals surface area contributed by atoms with Gasteiger partial charge in [0.15, 0.2) is 0 Å². The molecule has 0 radical (unpaired) electrons. The van der Waals surface area contributed by atoms with E-state index in [-0.39, 0.29) is 0 Å². The molecule has 2 fully saturated rings. The van der Waals surface area contributed by atoms with Gasteiger partial charge in [-0.25, -0.2) is 0 Å². The van der Waals surface area contributed by atoms with Gasteiger partial charge in [0, 0.05) is 0 Å². The summed E-state index contributed by atoms with van der Waals surface area (Å²) in [7, 11) is -0.985. The monoisotopic (exact) mass is 280 g/mol. The Bertz CT molecular complexity index is 218. The van der Waals surface area contributed by atoms with E-state index in [9.17, 15) is 0 Å². The Hall–Kier alpha value is 0.217. The summed E-state index contributed by atoms with van der Waals surface area (Å²) in [5, 5.41) is 0. The molecule has 0 bridgehead atoms. The molecule has 0 spiro atoms. The van der Waals surface area contributed by atoms with Gasteiger partial charge < -0.3 is 0 Å². The Morgan fingerprint density at radius 1 is 0.737 bits per heavy atom. The van der Waals surface area contributed by atoms with Crippen LogP contribution in [-0.2, 0) is 0 Å². The predicted molar refractivity (Wildman–Crippen MR) is 89.6 cm³/mol. The molecule has 112 valence electrons. The first kappa shape index (κ1) is 15.6. The highest BCUT2D eigenvalue weighted by molar-refractivity contribution is 6.81. The van der Waals surface area contributed by atoms with E-state index in [2.05, 4.69) is 13.5 Å². The number of rotatable bonds is 6. The zero-order valence-electron chi connectivity index (χ0n) is 13.6. The van der Waals surface area contributed by atoms with Crippen LogP contribution in [0.25, 0.3) is 0 Å². The maximum absolute atomic E-state index is 2.83. The molecule has 2 aliphatic carbocycles. The summed E-state index contributed by atoms with van der Waals surface area (Å²) < 4.78 is 0. The van der Waals surface area contributed by atoms with Crippen LogP contribution in [0, 0.1) is 0 Å². The summed E-state index contributed by atoms with van der Waals surface area (Å²) in [4.78, 5) is 0. The van der Waals surface area contributed by atoms with Crippen molar-refractivity contribution in [1.82, 2.24) is 0 Å². The molecule has 19 heavy (non-hydrogen) atoms. The van der Waals surface area contributed by atoms with Crippen molar-refractivity contribution in [2.45, 2.75) is 114 Å². The molecule has 0 heterocycles. The standard InChI is InChI=1S/C18H36Si/c1-3-4-11-16-19(2,17-12-7-5-8-13-17)18-14-9-6-10-15-18/h17-18H,3-16H2,1-2H3. The fourth-order valence-corrected chi connectivity index (χ4v) is 11.0. The summed E-state index contributed by atoms with van der Waals surface area (Å²) >= 11 is 0. The summed E-state index contributed by atoms with van der Waals surface area (Å²) in [6, 6.07) is 1.66. The molecule has 0 aliphatic heterocycles. The quantitative estimate of drug-likeness (QED) is 0.366. The van der Waals surface area contributed by atoms with Gasteiger partial charge in [-0.1, -0.05) is 103 Å². The molecule has 1 heteroatoms. The largest absolute Gasteiger partial charge is 0.0687 e. The van der Waals surface area contributed by atoms with Crippen LogP contribution in [0.2, 0.25) is 23.7 Å². The van der Waals surface area contributed by atoms with Crippen LogP contribution in [0.15, 0.2) is 0 Å². The number of hydrogen-bond acceptors (Lipinski definition) is 0. The zero-order valence-corrected chi connectivity index (χ0v) is 14.6. The molecule has 0 amide bonds.